The molecule has 0 heterocycles. The summed E-state index contributed by atoms with van der Waals surface area (Å²) >= 11 is 0. The normalized spacial score (nSPS) is 17.8. The minimum atomic E-state index is -1.00. The molecule has 1 fully saturated rings. The summed E-state index contributed by atoms with van der Waals surface area (Å²) in [6.45, 7) is 2.55. The number of rotatable bonds is 5. The maximum absolute atomic E-state index is 12.4. The summed E-state index contributed by atoms with van der Waals surface area (Å²) in [7, 11) is -1.00. The molecule has 0 radical (unpaired) electrons. The summed E-state index contributed by atoms with van der Waals surface area (Å²) in [5.41, 5.74) is 6.52. The summed E-state index contributed by atoms with van der Waals surface area (Å²) in [5.74, 6) is 2.09. The molecule has 0 spiro atoms. The van der Waals surface area contributed by atoms with E-state index in [-0.39, 0.29) is 0 Å². The van der Waals surface area contributed by atoms with Gasteiger partial charge in [-0.05, 0) is 43.9 Å². The van der Waals surface area contributed by atoms with Gasteiger partial charge in [-0.25, -0.2) is 0 Å². The quantitative estimate of drug-likeness (QED) is 0.834. The molecule has 0 bridgehead atoms. The Morgan fingerprint density at radius 3 is 2.78 bits per heavy atom. The zero-order valence-corrected chi connectivity index (χ0v) is 11.7. The van der Waals surface area contributed by atoms with Crippen molar-refractivity contribution in [1.29, 1.82) is 0 Å². The number of hydrogen-bond acceptors (Lipinski definition) is 3. The van der Waals surface area contributed by atoms with Crippen molar-refractivity contribution in [2.24, 2.45) is 5.92 Å². The first kappa shape index (κ1) is 13.4. The van der Waals surface area contributed by atoms with E-state index in [0.717, 1.165) is 16.4 Å². The van der Waals surface area contributed by atoms with Crippen LogP contribution >= 0.6 is 0 Å². The second kappa shape index (κ2) is 6.23. The van der Waals surface area contributed by atoms with Crippen molar-refractivity contribution < 1.29 is 8.95 Å². The van der Waals surface area contributed by atoms with Gasteiger partial charge < -0.3 is 10.5 Å². The monoisotopic (exact) mass is 267 g/mol. The third kappa shape index (κ3) is 3.25. The van der Waals surface area contributed by atoms with Crippen molar-refractivity contribution in [1.82, 2.24) is 0 Å². The Hall–Kier alpha value is -1.03. The van der Waals surface area contributed by atoms with Gasteiger partial charge >= 0.3 is 0 Å². The first-order valence-corrected chi connectivity index (χ1v) is 7.93. The molecule has 1 aliphatic rings. The van der Waals surface area contributed by atoms with E-state index < -0.39 is 10.8 Å². The van der Waals surface area contributed by atoms with Gasteiger partial charge in [-0.15, -0.1) is 0 Å². The third-order valence-corrected chi connectivity index (χ3v) is 5.02. The summed E-state index contributed by atoms with van der Waals surface area (Å²) < 4.78 is 17.8. The molecule has 1 saturated carbocycles. The third-order valence-electron chi connectivity index (χ3n) is 3.40. The van der Waals surface area contributed by atoms with Crippen molar-refractivity contribution in [3.8, 4) is 5.75 Å². The molecule has 1 aromatic carbocycles. The zero-order chi connectivity index (χ0) is 13.0. The van der Waals surface area contributed by atoms with Gasteiger partial charge in [-0.3, -0.25) is 4.21 Å². The molecule has 0 amide bonds. The lowest BCUT2D eigenvalue weighted by Gasteiger charge is -2.12. The second-order valence-electron chi connectivity index (χ2n) is 4.80. The van der Waals surface area contributed by atoms with Gasteiger partial charge in [0, 0.05) is 11.4 Å². The molecule has 1 unspecified atom stereocenters. The van der Waals surface area contributed by atoms with Crippen molar-refractivity contribution in [2.45, 2.75) is 37.5 Å². The molecule has 1 aliphatic carbocycles. The number of ether oxygens (including phenoxy) is 1. The van der Waals surface area contributed by atoms with Gasteiger partial charge in [0.05, 0.1) is 22.3 Å². The van der Waals surface area contributed by atoms with E-state index in [9.17, 15) is 4.21 Å². The van der Waals surface area contributed by atoms with Gasteiger partial charge in [0.2, 0.25) is 0 Å². The van der Waals surface area contributed by atoms with Crippen LogP contribution in [0.15, 0.2) is 23.1 Å². The highest BCUT2D eigenvalue weighted by Gasteiger charge is 2.19. The number of benzene rings is 1. The molecular weight excluding hydrogens is 246 g/mol. The molecule has 1 aromatic rings. The van der Waals surface area contributed by atoms with Crippen molar-refractivity contribution >= 4 is 16.5 Å². The first-order valence-electron chi connectivity index (χ1n) is 6.61. The second-order valence-corrected chi connectivity index (χ2v) is 6.26. The molecule has 0 aromatic heterocycles. The number of nitrogens with two attached hydrogens (primary N) is 1. The minimum Gasteiger partial charge on any atom is -0.494 e. The van der Waals surface area contributed by atoms with Gasteiger partial charge in [0.15, 0.2) is 0 Å². The van der Waals surface area contributed by atoms with Gasteiger partial charge in [-0.1, -0.05) is 12.8 Å². The topological polar surface area (TPSA) is 52.3 Å². The van der Waals surface area contributed by atoms with Crippen LogP contribution in [0, 0.1) is 5.92 Å². The fourth-order valence-corrected chi connectivity index (χ4v) is 3.97. The molecule has 0 saturated heterocycles. The molecular formula is C14H21NO2S. The summed E-state index contributed by atoms with van der Waals surface area (Å²) in [5, 5.41) is 0. The van der Waals surface area contributed by atoms with Crippen molar-refractivity contribution in [3.63, 3.8) is 0 Å². The highest BCUT2D eigenvalue weighted by molar-refractivity contribution is 7.85. The fourth-order valence-electron chi connectivity index (χ4n) is 2.45. The predicted molar refractivity (Wildman–Crippen MR) is 75.3 cm³/mol. The molecule has 18 heavy (non-hydrogen) atoms. The first-order chi connectivity index (χ1) is 8.70. The van der Waals surface area contributed by atoms with Crippen LogP contribution in [0.5, 0.6) is 5.75 Å². The largest absolute Gasteiger partial charge is 0.494 e. The van der Waals surface area contributed by atoms with Crippen LogP contribution in [-0.4, -0.2) is 16.6 Å². The summed E-state index contributed by atoms with van der Waals surface area (Å²) in [4.78, 5) is 0.729. The lowest BCUT2D eigenvalue weighted by Crippen LogP contribution is -2.09. The highest BCUT2D eigenvalue weighted by Crippen LogP contribution is 2.29. The van der Waals surface area contributed by atoms with E-state index in [1.807, 2.05) is 19.1 Å². The SMILES string of the molecule is CCOc1ccc(N)c(S(=O)CC2CCCC2)c1. The van der Waals surface area contributed by atoms with Crippen LogP contribution in [0.4, 0.5) is 5.69 Å². The maximum Gasteiger partial charge on any atom is 0.120 e. The smallest absolute Gasteiger partial charge is 0.120 e. The van der Waals surface area contributed by atoms with Gasteiger partial charge in [-0.2, -0.15) is 0 Å². The van der Waals surface area contributed by atoms with Crippen LogP contribution in [0.2, 0.25) is 0 Å². The molecule has 2 N–H and O–H groups in total. The Morgan fingerprint density at radius 2 is 2.11 bits per heavy atom. The maximum atomic E-state index is 12.4. The van der Waals surface area contributed by atoms with E-state index in [1.54, 1.807) is 6.07 Å². The van der Waals surface area contributed by atoms with Crippen molar-refractivity contribution in [3.05, 3.63) is 18.2 Å². The highest BCUT2D eigenvalue weighted by atomic mass is 32.2. The van der Waals surface area contributed by atoms with Crippen LogP contribution in [0.3, 0.4) is 0 Å². The Balaban J connectivity index is 2.09. The number of anilines is 1. The lowest BCUT2D eigenvalue weighted by molar-refractivity contribution is 0.339. The average molecular weight is 267 g/mol. The number of hydrogen-bond donors (Lipinski definition) is 1. The average Bonchev–Trinajstić information content (AvgIpc) is 2.84. The zero-order valence-electron chi connectivity index (χ0n) is 10.9. The van der Waals surface area contributed by atoms with Gasteiger partial charge in [0.1, 0.15) is 5.75 Å². The molecule has 2 rings (SSSR count). The molecule has 0 aliphatic heterocycles. The van der Waals surface area contributed by atoms with Crippen LogP contribution in [0.1, 0.15) is 32.6 Å². The molecule has 4 heteroatoms. The van der Waals surface area contributed by atoms with E-state index in [0.29, 0.717) is 18.2 Å². The van der Waals surface area contributed by atoms with E-state index >= 15 is 0 Å². The van der Waals surface area contributed by atoms with Crippen molar-refractivity contribution in [2.75, 3.05) is 18.1 Å². The van der Waals surface area contributed by atoms with E-state index in [1.165, 1.54) is 25.7 Å². The Morgan fingerprint density at radius 1 is 1.39 bits per heavy atom. The van der Waals surface area contributed by atoms with Crippen LogP contribution in [0.25, 0.3) is 0 Å². The summed E-state index contributed by atoms with van der Waals surface area (Å²) in [6.07, 6.45) is 4.96. The standard InChI is InChI=1S/C14H21NO2S/c1-2-17-12-7-8-13(15)14(9-12)18(16)10-11-5-3-4-6-11/h7-9,11H,2-6,10,15H2,1H3. The van der Waals surface area contributed by atoms with E-state index in [4.69, 9.17) is 10.5 Å². The Labute approximate surface area is 111 Å². The van der Waals surface area contributed by atoms with E-state index in [2.05, 4.69) is 0 Å². The minimum absolute atomic E-state index is 0.598. The molecule has 3 nitrogen and oxygen atoms in total. The molecule has 100 valence electrons. The van der Waals surface area contributed by atoms with Gasteiger partial charge in [0.25, 0.3) is 0 Å². The summed E-state index contributed by atoms with van der Waals surface area (Å²) in [6, 6.07) is 5.44. The van der Waals surface area contributed by atoms with Crippen LogP contribution in [-0.2, 0) is 10.8 Å². The van der Waals surface area contributed by atoms with Crippen LogP contribution < -0.4 is 10.5 Å². The fraction of sp³-hybridized carbons (Fsp3) is 0.571. The lowest BCUT2D eigenvalue weighted by atomic mass is 10.1. The number of nitrogen functional groups attached to an aromatic ring is 1. The Bertz CT molecular complexity index is 428. The predicted octanol–water partition coefficient (Wildman–Crippen LogP) is 2.97. The molecule has 1 atom stereocenters. The Kier molecular flexibility index (Phi) is 4.64.